The number of sulfonamides is 1. The second kappa shape index (κ2) is 10.8. The van der Waals surface area contributed by atoms with Gasteiger partial charge in [0.05, 0.1) is 17.2 Å². The van der Waals surface area contributed by atoms with Crippen molar-refractivity contribution >= 4 is 33.2 Å². The second-order valence-electron chi connectivity index (χ2n) is 7.31. The zero-order chi connectivity index (χ0) is 22.3. The molecule has 0 aliphatic heterocycles. The number of carbonyl (C=O) groups excluding carboxylic acids is 1. The predicted octanol–water partition coefficient (Wildman–Crippen LogP) is 5.16. The van der Waals surface area contributed by atoms with E-state index in [2.05, 4.69) is 16.1 Å². The van der Waals surface area contributed by atoms with Crippen LogP contribution in [-0.4, -0.2) is 27.5 Å². The highest BCUT2D eigenvalue weighted by Crippen LogP contribution is 2.29. The fraction of sp³-hybridized carbons (Fsp3) is 0.348. The third kappa shape index (κ3) is 6.56. The summed E-state index contributed by atoms with van der Waals surface area (Å²) in [5.74, 6) is -0.0145. The Labute approximate surface area is 188 Å². The molecule has 0 spiro atoms. The van der Waals surface area contributed by atoms with Crippen LogP contribution < -0.4 is 14.8 Å². The van der Waals surface area contributed by atoms with Crippen LogP contribution in [0.2, 0.25) is 5.02 Å². The van der Waals surface area contributed by atoms with Gasteiger partial charge in [0.25, 0.3) is 5.91 Å². The van der Waals surface area contributed by atoms with E-state index in [-0.39, 0.29) is 10.6 Å². The van der Waals surface area contributed by atoms with Crippen molar-refractivity contribution in [3.05, 3.63) is 64.7 Å². The number of halogens is 1. The molecular formula is C23H27ClN2O4S. The van der Waals surface area contributed by atoms with Crippen molar-refractivity contribution in [3.63, 3.8) is 0 Å². The molecule has 0 radical (unpaired) electrons. The molecule has 6 nitrogen and oxygen atoms in total. The average Bonchev–Trinajstić information content (AvgIpc) is 2.75. The lowest BCUT2D eigenvalue weighted by Gasteiger charge is -2.15. The highest BCUT2D eigenvalue weighted by atomic mass is 35.5. The molecule has 1 aliphatic carbocycles. The molecule has 0 bridgehead atoms. The van der Waals surface area contributed by atoms with Gasteiger partial charge >= 0.3 is 0 Å². The molecule has 0 unspecified atom stereocenters. The van der Waals surface area contributed by atoms with E-state index in [1.54, 1.807) is 30.3 Å². The Morgan fingerprint density at radius 1 is 1.16 bits per heavy atom. The minimum atomic E-state index is -3.73. The molecule has 1 amide bonds. The zero-order valence-corrected chi connectivity index (χ0v) is 19.1. The molecule has 2 aromatic rings. The molecule has 0 saturated heterocycles. The molecule has 1 aliphatic rings. The van der Waals surface area contributed by atoms with E-state index in [1.165, 1.54) is 24.1 Å². The minimum Gasteiger partial charge on any atom is -0.492 e. The van der Waals surface area contributed by atoms with Crippen molar-refractivity contribution in [2.24, 2.45) is 0 Å². The number of carbonyl (C=O) groups is 1. The van der Waals surface area contributed by atoms with Crippen molar-refractivity contribution in [1.29, 1.82) is 0 Å². The van der Waals surface area contributed by atoms with Crippen molar-refractivity contribution < 1.29 is 17.9 Å². The number of nitrogens with one attached hydrogen (secondary N) is 2. The third-order valence-corrected chi connectivity index (χ3v) is 6.71. The molecule has 0 saturated carbocycles. The lowest BCUT2D eigenvalue weighted by atomic mass is 9.97. The molecular weight excluding hydrogens is 436 g/mol. The summed E-state index contributed by atoms with van der Waals surface area (Å²) in [5, 5.41) is 3.17. The molecule has 0 heterocycles. The second-order valence-corrected chi connectivity index (χ2v) is 9.51. The topological polar surface area (TPSA) is 84.5 Å². The summed E-state index contributed by atoms with van der Waals surface area (Å²) < 4.78 is 33.8. The number of anilines is 1. The van der Waals surface area contributed by atoms with Crippen LogP contribution in [0.1, 0.15) is 49.4 Å². The van der Waals surface area contributed by atoms with Crippen LogP contribution in [0.25, 0.3) is 0 Å². The summed E-state index contributed by atoms with van der Waals surface area (Å²) in [4.78, 5) is 12.7. The van der Waals surface area contributed by atoms with Crippen molar-refractivity contribution in [3.8, 4) is 5.75 Å². The molecule has 31 heavy (non-hydrogen) atoms. The van der Waals surface area contributed by atoms with Crippen LogP contribution >= 0.6 is 11.6 Å². The normalized spacial score (nSPS) is 14.1. The third-order valence-electron chi connectivity index (χ3n) is 5.02. The fourth-order valence-corrected chi connectivity index (χ4v) is 4.69. The van der Waals surface area contributed by atoms with Crippen LogP contribution in [0.15, 0.2) is 59.0 Å². The quantitative estimate of drug-likeness (QED) is 0.504. The molecule has 8 heteroatoms. The van der Waals surface area contributed by atoms with E-state index in [0.29, 0.717) is 35.9 Å². The Morgan fingerprint density at radius 2 is 2.00 bits per heavy atom. The summed E-state index contributed by atoms with van der Waals surface area (Å²) in [6.07, 6.45) is 7.37. The highest BCUT2D eigenvalue weighted by molar-refractivity contribution is 7.89. The summed E-state index contributed by atoms with van der Waals surface area (Å²) in [6.45, 7) is 2.53. The number of ether oxygens (including phenoxy) is 1. The molecule has 0 fully saturated rings. The van der Waals surface area contributed by atoms with Crippen LogP contribution in [0.3, 0.4) is 0 Å². The first kappa shape index (κ1) is 23.3. The summed E-state index contributed by atoms with van der Waals surface area (Å²) >= 11 is 5.97. The average molecular weight is 463 g/mol. The number of rotatable bonds is 9. The minimum absolute atomic E-state index is 0.0648. The Morgan fingerprint density at radius 3 is 2.71 bits per heavy atom. The van der Waals surface area contributed by atoms with Gasteiger partial charge in [-0.3, -0.25) is 4.79 Å². The SMILES string of the molecule is CCOc1ccc(S(=O)(=O)NCCC2=CCCCC2)cc1NC(=O)c1cccc(Cl)c1. The van der Waals surface area contributed by atoms with E-state index in [9.17, 15) is 13.2 Å². The molecule has 0 aromatic heterocycles. The summed E-state index contributed by atoms with van der Waals surface area (Å²) in [5.41, 5.74) is 1.95. The van der Waals surface area contributed by atoms with Crippen molar-refractivity contribution in [2.45, 2.75) is 43.9 Å². The van der Waals surface area contributed by atoms with Crippen LogP contribution in [0.5, 0.6) is 5.75 Å². The maximum Gasteiger partial charge on any atom is 0.255 e. The molecule has 2 N–H and O–H groups in total. The number of allylic oxidation sites excluding steroid dienone is 1. The largest absolute Gasteiger partial charge is 0.492 e. The van der Waals surface area contributed by atoms with Gasteiger partial charge in [0, 0.05) is 17.1 Å². The number of amides is 1. The van der Waals surface area contributed by atoms with Crippen LogP contribution in [0.4, 0.5) is 5.69 Å². The highest BCUT2D eigenvalue weighted by Gasteiger charge is 2.18. The first-order valence-corrected chi connectivity index (χ1v) is 12.3. The summed E-state index contributed by atoms with van der Waals surface area (Å²) in [7, 11) is -3.73. The van der Waals surface area contributed by atoms with Gasteiger partial charge in [-0.05, 0) is 75.4 Å². The smallest absolute Gasteiger partial charge is 0.255 e. The van der Waals surface area contributed by atoms with Gasteiger partial charge in [0.2, 0.25) is 10.0 Å². The fourth-order valence-electron chi connectivity index (χ4n) is 3.44. The lowest BCUT2D eigenvalue weighted by molar-refractivity contribution is 0.102. The Bertz CT molecular complexity index is 1070. The first-order valence-electron chi connectivity index (χ1n) is 10.4. The Hall–Kier alpha value is -2.35. The maximum atomic E-state index is 12.8. The molecule has 166 valence electrons. The van der Waals surface area contributed by atoms with E-state index < -0.39 is 15.9 Å². The van der Waals surface area contributed by atoms with Gasteiger partial charge in [-0.15, -0.1) is 0 Å². The van der Waals surface area contributed by atoms with E-state index >= 15 is 0 Å². The standard InChI is InChI=1S/C23H27ClN2O4S/c1-2-30-22-12-11-20(31(28,29)25-14-13-17-7-4-3-5-8-17)16-21(22)26-23(27)18-9-6-10-19(24)15-18/h6-7,9-12,15-16,25H,2-5,8,13-14H2,1H3,(H,26,27). The Balaban J connectivity index is 1.76. The van der Waals surface area contributed by atoms with Crippen molar-refractivity contribution in [1.82, 2.24) is 4.72 Å². The lowest BCUT2D eigenvalue weighted by Crippen LogP contribution is -2.25. The van der Waals surface area contributed by atoms with Gasteiger partial charge < -0.3 is 10.1 Å². The van der Waals surface area contributed by atoms with Gasteiger partial charge in [-0.25, -0.2) is 13.1 Å². The van der Waals surface area contributed by atoms with Gasteiger partial charge in [0.15, 0.2) is 0 Å². The maximum absolute atomic E-state index is 12.8. The number of benzene rings is 2. The van der Waals surface area contributed by atoms with E-state index in [1.807, 2.05) is 6.92 Å². The van der Waals surface area contributed by atoms with E-state index in [4.69, 9.17) is 16.3 Å². The van der Waals surface area contributed by atoms with Gasteiger partial charge in [-0.2, -0.15) is 0 Å². The Kier molecular flexibility index (Phi) is 8.12. The van der Waals surface area contributed by atoms with Crippen LogP contribution in [0, 0.1) is 0 Å². The molecule has 2 aromatic carbocycles. The molecule has 3 rings (SSSR count). The first-order chi connectivity index (χ1) is 14.9. The van der Waals surface area contributed by atoms with Gasteiger partial charge in [0.1, 0.15) is 5.75 Å². The zero-order valence-electron chi connectivity index (χ0n) is 17.5. The number of hydrogen-bond donors (Lipinski definition) is 2. The van der Waals surface area contributed by atoms with Crippen LogP contribution in [-0.2, 0) is 10.0 Å². The predicted molar refractivity (Wildman–Crippen MR) is 123 cm³/mol. The molecule has 0 atom stereocenters. The van der Waals surface area contributed by atoms with E-state index in [0.717, 1.165) is 19.3 Å². The monoisotopic (exact) mass is 462 g/mol. The summed E-state index contributed by atoms with van der Waals surface area (Å²) in [6, 6.07) is 11.0. The van der Waals surface area contributed by atoms with Gasteiger partial charge in [-0.1, -0.05) is 29.3 Å². The van der Waals surface area contributed by atoms with Crippen molar-refractivity contribution in [2.75, 3.05) is 18.5 Å². The number of hydrogen-bond acceptors (Lipinski definition) is 4.